The van der Waals surface area contributed by atoms with Crippen molar-refractivity contribution >= 4 is 28.4 Å². The Morgan fingerprint density at radius 2 is 1.79 bits per heavy atom. The van der Waals surface area contributed by atoms with Crippen LogP contribution >= 0.6 is 0 Å². The monoisotopic (exact) mass is 520 g/mol. The van der Waals surface area contributed by atoms with Gasteiger partial charge in [0, 0.05) is 42.7 Å². The van der Waals surface area contributed by atoms with Gasteiger partial charge in [0.15, 0.2) is 5.82 Å². The van der Waals surface area contributed by atoms with E-state index in [1.54, 1.807) is 0 Å². The van der Waals surface area contributed by atoms with E-state index in [2.05, 4.69) is 27.1 Å². The number of aromatic nitrogens is 3. The van der Waals surface area contributed by atoms with Crippen LogP contribution in [-0.2, 0) is 30.2 Å². The van der Waals surface area contributed by atoms with Gasteiger partial charge in [-0.2, -0.15) is 0 Å². The summed E-state index contributed by atoms with van der Waals surface area (Å²) in [5.74, 6) is 1.56. The smallest absolute Gasteiger partial charge is 0.251 e. The molecule has 38 heavy (non-hydrogen) atoms. The molecule has 1 amide bonds. The van der Waals surface area contributed by atoms with Gasteiger partial charge in [0.1, 0.15) is 17.1 Å². The van der Waals surface area contributed by atoms with E-state index in [-0.39, 0.29) is 22.5 Å². The fourth-order valence-corrected chi connectivity index (χ4v) is 5.22. The van der Waals surface area contributed by atoms with Crippen molar-refractivity contribution < 1.29 is 9.90 Å². The molecule has 0 aliphatic carbocycles. The third kappa shape index (κ3) is 5.45. The number of amides is 1. The van der Waals surface area contributed by atoms with Gasteiger partial charge in [-0.05, 0) is 42.2 Å². The Morgan fingerprint density at radius 3 is 2.39 bits per heavy atom. The molecule has 1 aromatic carbocycles. The average molecular weight is 521 g/mol. The van der Waals surface area contributed by atoms with Gasteiger partial charge in [-0.3, -0.25) is 4.79 Å². The van der Waals surface area contributed by atoms with Crippen LogP contribution in [0.5, 0.6) is 5.75 Å². The van der Waals surface area contributed by atoms with E-state index in [4.69, 9.17) is 10.7 Å². The van der Waals surface area contributed by atoms with Crippen LogP contribution in [0.15, 0.2) is 12.1 Å². The molecule has 0 saturated heterocycles. The van der Waals surface area contributed by atoms with Crippen LogP contribution in [0.25, 0.3) is 11.0 Å². The number of pyridine rings is 1. The average Bonchev–Trinajstić information content (AvgIpc) is 3.20. The molecule has 8 heteroatoms. The number of fused-ring (bicyclic) bond motifs is 3. The molecule has 3 heterocycles. The van der Waals surface area contributed by atoms with E-state index in [0.29, 0.717) is 24.5 Å². The number of nitrogens with zero attached hydrogens (tertiary/aromatic N) is 3. The van der Waals surface area contributed by atoms with Crippen molar-refractivity contribution in [2.24, 2.45) is 0 Å². The highest BCUT2D eigenvalue weighted by molar-refractivity contribution is 5.97. The van der Waals surface area contributed by atoms with Crippen molar-refractivity contribution in [1.29, 1.82) is 0 Å². The fraction of sp³-hybridized carbons (Fsp3) is 0.567. The summed E-state index contributed by atoms with van der Waals surface area (Å²) in [6, 6.07) is 3.65. The lowest BCUT2D eigenvalue weighted by atomic mass is 9.78. The van der Waals surface area contributed by atoms with Gasteiger partial charge in [-0.15, -0.1) is 0 Å². The topological polar surface area (TPSA) is 118 Å². The van der Waals surface area contributed by atoms with E-state index in [0.717, 1.165) is 78.0 Å². The zero-order chi connectivity index (χ0) is 27.8. The molecule has 0 atom stereocenters. The molecule has 0 spiro atoms. The first-order valence-electron chi connectivity index (χ1n) is 13.9. The van der Waals surface area contributed by atoms with Crippen LogP contribution in [0.4, 0.5) is 11.5 Å². The first kappa shape index (κ1) is 27.7. The normalized spacial score (nSPS) is 13.9. The van der Waals surface area contributed by atoms with E-state index in [1.165, 1.54) is 0 Å². The molecule has 0 fully saturated rings. The predicted molar refractivity (Wildman–Crippen MR) is 155 cm³/mol. The fourth-order valence-electron chi connectivity index (χ4n) is 5.22. The van der Waals surface area contributed by atoms with Crippen molar-refractivity contribution in [3.8, 4) is 5.75 Å². The first-order chi connectivity index (χ1) is 17.8. The summed E-state index contributed by atoms with van der Waals surface area (Å²) in [5.41, 5.74) is 11.6. The molecule has 1 aliphatic rings. The van der Waals surface area contributed by atoms with E-state index < -0.39 is 0 Å². The van der Waals surface area contributed by atoms with Crippen LogP contribution in [-0.4, -0.2) is 38.6 Å². The number of carbonyl (C=O) groups excluding carboxylic acids is 1. The molecule has 5 N–H and O–H groups in total. The van der Waals surface area contributed by atoms with Gasteiger partial charge in [-0.1, -0.05) is 54.9 Å². The number of phenols is 1. The first-order valence-corrected chi connectivity index (χ1v) is 13.9. The van der Waals surface area contributed by atoms with Crippen molar-refractivity contribution in [1.82, 2.24) is 19.9 Å². The zero-order valence-electron chi connectivity index (χ0n) is 24.1. The second kappa shape index (κ2) is 10.5. The number of anilines is 2. The minimum atomic E-state index is -0.301. The van der Waals surface area contributed by atoms with Crippen LogP contribution < -0.4 is 16.4 Å². The van der Waals surface area contributed by atoms with E-state index in [1.807, 2.05) is 53.7 Å². The Labute approximate surface area is 226 Å². The zero-order valence-corrected chi connectivity index (χ0v) is 24.1. The molecule has 0 bridgehead atoms. The van der Waals surface area contributed by atoms with Crippen LogP contribution in [0.2, 0.25) is 0 Å². The summed E-state index contributed by atoms with van der Waals surface area (Å²) in [5, 5.41) is 17.7. The highest BCUT2D eigenvalue weighted by Crippen LogP contribution is 2.40. The lowest BCUT2D eigenvalue weighted by molar-refractivity contribution is 0.0952. The number of carbonyl (C=O) groups is 1. The lowest BCUT2D eigenvalue weighted by Crippen LogP contribution is -2.29. The molecule has 3 aromatic rings. The SMILES string of the molecule is CCCCc1nc2c(N)nc3c(c2n1CCNC(=O)c1cc(C(C)(C)C)c(O)c(C(C)(C)C)c1)NCCC3. The molecule has 2 aromatic heterocycles. The molecule has 4 rings (SSSR count). The van der Waals surface area contributed by atoms with Crippen LogP contribution in [0.1, 0.15) is 101 Å². The maximum absolute atomic E-state index is 13.4. The summed E-state index contributed by atoms with van der Waals surface area (Å²) in [6.45, 7) is 16.4. The minimum absolute atomic E-state index is 0.151. The lowest BCUT2D eigenvalue weighted by Gasteiger charge is -2.28. The molecule has 1 aliphatic heterocycles. The Bertz CT molecular complexity index is 1310. The highest BCUT2D eigenvalue weighted by Gasteiger charge is 2.28. The summed E-state index contributed by atoms with van der Waals surface area (Å²) in [7, 11) is 0. The van der Waals surface area contributed by atoms with E-state index in [9.17, 15) is 9.90 Å². The van der Waals surface area contributed by atoms with Gasteiger partial charge in [0.25, 0.3) is 5.91 Å². The molecule has 8 nitrogen and oxygen atoms in total. The van der Waals surface area contributed by atoms with Gasteiger partial charge >= 0.3 is 0 Å². The van der Waals surface area contributed by atoms with Gasteiger partial charge in [-0.25, -0.2) is 9.97 Å². The van der Waals surface area contributed by atoms with Crippen molar-refractivity contribution in [2.75, 3.05) is 24.1 Å². The van der Waals surface area contributed by atoms with Crippen molar-refractivity contribution in [3.05, 3.63) is 40.3 Å². The second-order valence-electron chi connectivity index (χ2n) is 12.5. The number of hydrogen-bond donors (Lipinski definition) is 4. The maximum atomic E-state index is 13.4. The number of phenolic OH excluding ortho intramolecular Hbond substituents is 1. The number of aryl methyl sites for hydroxylation is 2. The quantitative estimate of drug-likeness (QED) is 0.329. The van der Waals surface area contributed by atoms with Gasteiger partial charge in [0.05, 0.1) is 16.9 Å². The van der Waals surface area contributed by atoms with Crippen LogP contribution in [0.3, 0.4) is 0 Å². The van der Waals surface area contributed by atoms with Crippen molar-refractivity contribution in [2.45, 2.75) is 97.9 Å². The molecule has 0 unspecified atom stereocenters. The van der Waals surface area contributed by atoms with Crippen LogP contribution in [0, 0.1) is 0 Å². The number of nitrogens with one attached hydrogen (secondary N) is 2. The highest BCUT2D eigenvalue weighted by atomic mass is 16.3. The summed E-state index contributed by atoms with van der Waals surface area (Å²) < 4.78 is 2.21. The number of imidazole rings is 1. The molecular weight excluding hydrogens is 476 g/mol. The number of hydrogen-bond acceptors (Lipinski definition) is 6. The Balaban J connectivity index is 1.65. The Hall–Kier alpha value is -3.29. The molecule has 0 radical (unpaired) electrons. The largest absolute Gasteiger partial charge is 0.507 e. The second-order valence-corrected chi connectivity index (χ2v) is 12.5. The summed E-state index contributed by atoms with van der Waals surface area (Å²) in [4.78, 5) is 22.9. The van der Waals surface area contributed by atoms with Gasteiger partial charge < -0.3 is 26.0 Å². The van der Waals surface area contributed by atoms with E-state index >= 15 is 0 Å². The summed E-state index contributed by atoms with van der Waals surface area (Å²) in [6.07, 6.45) is 4.85. The third-order valence-corrected chi connectivity index (χ3v) is 7.33. The number of rotatable bonds is 7. The number of nitrogens with two attached hydrogens (primary N) is 1. The molecular formula is C30H44N6O2. The Morgan fingerprint density at radius 1 is 1.13 bits per heavy atom. The van der Waals surface area contributed by atoms with Crippen molar-refractivity contribution in [3.63, 3.8) is 0 Å². The minimum Gasteiger partial charge on any atom is -0.507 e. The molecule has 206 valence electrons. The number of unbranched alkanes of at least 4 members (excludes halogenated alkanes) is 1. The number of aromatic hydroxyl groups is 1. The maximum Gasteiger partial charge on any atom is 0.251 e. The number of nitrogen functional groups attached to an aromatic ring is 1. The van der Waals surface area contributed by atoms with Gasteiger partial charge in [0.2, 0.25) is 0 Å². The standard InChI is InChI=1S/C30H44N6O2/c1-8-9-12-22-35-24-25(23-21(34-27(24)31)11-10-13-32-23)36(22)15-14-33-28(38)18-16-19(29(2,3)4)26(37)20(17-18)30(5,6)7/h16-17,32,37H,8-15H2,1-7H3,(H2,31,34)(H,33,38). The Kier molecular flexibility index (Phi) is 7.64. The number of benzene rings is 1. The molecule has 0 saturated carbocycles. The third-order valence-electron chi connectivity index (χ3n) is 7.33. The predicted octanol–water partition coefficient (Wildman–Crippen LogP) is 5.44. The summed E-state index contributed by atoms with van der Waals surface area (Å²) >= 11 is 0.